The molecule has 3 aromatic rings. The zero-order chi connectivity index (χ0) is 23.5. The van der Waals surface area contributed by atoms with Crippen molar-refractivity contribution in [3.63, 3.8) is 0 Å². The van der Waals surface area contributed by atoms with E-state index in [4.69, 9.17) is 16.3 Å². The zero-order valence-electron chi connectivity index (χ0n) is 17.5. The molecule has 3 aromatic carbocycles. The first-order valence-electron chi connectivity index (χ1n) is 9.97. The quantitative estimate of drug-likeness (QED) is 0.424. The normalized spacial score (nSPS) is 15.1. The van der Waals surface area contributed by atoms with Gasteiger partial charge in [-0.2, -0.15) is 0 Å². The van der Waals surface area contributed by atoms with Crippen LogP contribution < -0.4 is 15.0 Å². The summed E-state index contributed by atoms with van der Waals surface area (Å²) in [6.45, 7) is 1.74. The van der Waals surface area contributed by atoms with Crippen molar-refractivity contribution < 1.29 is 23.5 Å². The summed E-state index contributed by atoms with van der Waals surface area (Å²) in [5.74, 6) is -1.53. The number of hydrogen-bond donors (Lipinski definition) is 1. The van der Waals surface area contributed by atoms with Gasteiger partial charge < -0.3 is 4.74 Å². The van der Waals surface area contributed by atoms with Crippen molar-refractivity contribution in [3.05, 3.63) is 99.8 Å². The van der Waals surface area contributed by atoms with Crippen molar-refractivity contribution in [2.45, 2.75) is 13.5 Å². The van der Waals surface area contributed by atoms with Crippen molar-refractivity contribution in [3.8, 4) is 5.75 Å². The molecule has 0 radical (unpaired) electrons. The van der Waals surface area contributed by atoms with E-state index >= 15 is 0 Å². The lowest BCUT2D eigenvalue weighted by molar-refractivity contribution is -0.122. The molecule has 0 atom stereocenters. The molecule has 1 aliphatic rings. The van der Waals surface area contributed by atoms with Gasteiger partial charge in [0.05, 0.1) is 5.69 Å². The number of nitrogens with zero attached hydrogens (tertiary/aromatic N) is 1. The predicted molar refractivity (Wildman–Crippen MR) is 122 cm³/mol. The maximum Gasteiger partial charge on any atom is 0.335 e. The van der Waals surface area contributed by atoms with Gasteiger partial charge >= 0.3 is 6.03 Å². The first kappa shape index (κ1) is 22.2. The summed E-state index contributed by atoms with van der Waals surface area (Å²) in [6, 6.07) is 16.9. The van der Waals surface area contributed by atoms with Gasteiger partial charge in [-0.25, -0.2) is 14.1 Å². The molecule has 1 heterocycles. The van der Waals surface area contributed by atoms with Crippen LogP contribution in [0.1, 0.15) is 16.7 Å². The Morgan fingerprint density at radius 2 is 1.82 bits per heavy atom. The van der Waals surface area contributed by atoms with E-state index in [1.165, 1.54) is 18.2 Å². The second kappa shape index (κ2) is 9.26. The molecule has 6 nitrogen and oxygen atoms in total. The fourth-order valence-corrected chi connectivity index (χ4v) is 3.50. The zero-order valence-corrected chi connectivity index (χ0v) is 18.2. The van der Waals surface area contributed by atoms with Crippen LogP contribution in [0, 0.1) is 12.7 Å². The second-order valence-electron chi connectivity index (χ2n) is 7.34. The van der Waals surface area contributed by atoms with Gasteiger partial charge in [0.25, 0.3) is 11.8 Å². The van der Waals surface area contributed by atoms with Crippen molar-refractivity contribution in [2.24, 2.45) is 0 Å². The molecule has 4 rings (SSSR count). The molecule has 8 heteroatoms. The standard InChI is InChI=1S/C25H18ClFN2O4/c1-15-9-10-18(26)13-22(15)29-24(31)20(23(30)28-25(29)32)12-16-5-4-7-19(11-16)33-14-17-6-2-3-8-21(17)27/h2-13H,14H2,1H3,(H,28,30,32)/b20-12-. The van der Waals surface area contributed by atoms with Crippen LogP contribution in [0.4, 0.5) is 14.9 Å². The maximum atomic E-state index is 13.8. The Balaban J connectivity index is 1.61. The number of rotatable bonds is 5. The van der Waals surface area contributed by atoms with Crippen LogP contribution in [0.15, 0.2) is 72.3 Å². The number of halogens is 2. The van der Waals surface area contributed by atoms with Crippen LogP contribution >= 0.6 is 11.6 Å². The van der Waals surface area contributed by atoms with Crippen LogP contribution in [0.5, 0.6) is 5.75 Å². The molecular weight excluding hydrogens is 447 g/mol. The largest absolute Gasteiger partial charge is 0.489 e. The number of carbonyl (C=O) groups excluding carboxylic acids is 3. The van der Waals surface area contributed by atoms with Crippen molar-refractivity contribution in [1.29, 1.82) is 0 Å². The fourth-order valence-electron chi connectivity index (χ4n) is 3.34. The van der Waals surface area contributed by atoms with Crippen LogP contribution in [-0.4, -0.2) is 17.8 Å². The van der Waals surface area contributed by atoms with Crippen LogP contribution in [0.3, 0.4) is 0 Å². The first-order chi connectivity index (χ1) is 15.8. The number of hydrogen-bond acceptors (Lipinski definition) is 4. The Morgan fingerprint density at radius 1 is 1.03 bits per heavy atom. The minimum atomic E-state index is -0.852. The summed E-state index contributed by atoms with van der Waals surface area (Å²) >= 11 is 6.04. The maximum absolute atomic E-state index is 13.8. The highest BCUT2D eigenvalue weighted by molar-refractivity contribution is 6.39. The van der Waals surface area contributed by atoms with Gasteiger partial charge in [-0.3, -0.25) is 14.9 Å². The molecule has 4 amide bonds. The molecule has 1 fully saturated rings. The van der Waals surface area contributed by atoms with Gasteiger partial charge in [0.1, 0.15) is 23.7 Å². The van der Waals surface area contributed by atoms with Crippen molar-refractivity contribution in [2.75, 3.05) is 4.90 Å². The first-order valence-corrected chi connectivity index (χ1v) is 10.3. The highest BCUT2D eigenvalue weighted by Crippen LogP contribution is 2.28. The van der Waals surface area contributed by atoms with Gasteiger partial charge in [0.2, 0.25) is 0 Å². The average Bonchev–Trinajstić information content (AvgIpc) is 2.78. The molecule has 0 aromatic heterocycles. The number of ether oxygens (including phenoxy) is 1. The monoisotopic (exact) mass is 464 g/mol. The van der Waals surface area contributed by atoms with E-state index in [1.807, 2.05) is 0 Å². The fraction of sp³-hybridized carbons (Fsp3) is 0.0800. The molecule has 33 heavy (non-hydrogen) atoms. The van der Waals surface area contributed by atoms with Gasteiger partial charge in [-0.05, 0) is 54.5 Å². The molecule has 0 spiro atoms. The van der Waals surface area contributed by atoms with E-state index in [1.54, 1.807) is 61.5 Å². The molecule has 0 unspecified atom stereocenters. The molecule has 1 N–H and O–H groups in total. The van der Waals surface area contributed by atoms with Crippen LogP contribution in [0.25, 0.3) is 6.08 Å². The predicted octanol–water partition coefficient (Wildman–Crippen LogP) is 5.03. The van der Waals surface area contributed by atoms with Gasteiger partial charge in [0.15, 0.2) is 0 Å². The number of amides is 4. The second-order valence-corrected chi connectivity index (χ2v) is 7.78. The number of anilines is 1. The lowest BCUT2D eigenvalue weighted by Gasteiger charge is -2.27. The van der Waals surface area contributed by atoms with E-state index in [2.05, 4.69) is 5.32 Å². The van der Waals surface area contributed by atoms with Crippen LogP contribution in [-0.2, 0) is 16.2 Å². The number of barbiturate groups is 1. The number of benzene rings is 3. The average molecular weight is 465 g/mol. The number of imide groups is 2. The Morgan fingerprint density at radius 3 is 2.61 bits per heavy atom. The summed E-state index contributed by atoms with van der Waals surface area (Å²) in [7, 11) is 0. The van der Waals surface area contributed by atoms with Crippen molar-refractivity contribution >= 4 is 41.2 Å². The summed E-state index contributed by atoms with van der Waals surface area (Å²) < 4.78 is 19.5. The third kappa shape index (κ3) is 4.78. The molecular formula is C25H18ClFN2O4. The van der Waals surface area contributed by atoms with Crippen LogP contribution in [0.2, 0.25) is 5.02 Å². The Bertz CT molecular complexity index is 1310. The number of urea groups is 1. The highest BCUT2D eigenvalue weighted by atomic mass is 35.5. The number of aryl methyl sites for hydroxylation is 1. The minimum absolute atomic E-state index is 0.0163. The van der Waals surface area contributed by atoms with Gasteiger partial charge in [-0.15, -0.1) is 0 Å². The van der Waals surface area contributed by atoms with Gasteiger partial charge in [0, 0.05) is 10.6 Å². The Labute approximate surface area is 194 Å². The topological polar surface area (TPSA) is 75.7 Å². The lowest BCUT2D eigenvalue weighted by atomic mass is 10.1. The third-order valence-corrected chi connectivity index (χ3v) is 5.27. The lowest BCUT2D eigenvalue weighted by Crippen LogP contribution is -2.54. The van der Waals surface area contributed by atoms with E-state index in [0.717, 1.165) is 4.90 Å². The summed E-state index contributed by atoms with van der Waals surface area (Å²) in [5, 5.41) is 2.53. The van der Waals surface area contributed by atoms with E-state index in [0.29, 0.717) is 27.5 Å². The molecule has 0 saturated carbocycles. The molecule has 0 aliphatic carbocycles. The summed E-state index contributed by atoms with van der Waals surface area (Å²) in [6.07, 6.45) is 1.37. The highest BCUT2D eigenvalue weighted by Gasteiger charge is 2.37. The summed E-state index contributed by atoms with van der Waals surface area (Å²) in [5.41, 5.74) is 1.59. The Kier molecular flexibility index (Phi) is 6.24. The molecule has 166 valence electrons. The molecule has 1 aliphatic heterocycles. The number of carbonyl (C=O) groups is 3. The molecule has 1 saturated heterocycles. The summed E-state index contributed by atoms with van der Waals surface area (Å²) in [4.78, 5) is 38.9. The Hall–Kier alpha value is -3.97. The van der Waals surface area contributed by atoms with Gasteiger partial charge in [-0.1, -0.05) is 48.0 Å². The van der Waals surface area contributed by atoms with Crippen molar-refractivity contribution in [1.82, 2.24) is 5.32 Å². The number of nitrogens with one attached hydrogen (secondary N) is 1. The minimum Gasteiger partial charge on any atom is -0.489 e. The van der Waals surface area contributed by atoms with E-state index < -0.39 is 17.8 Å². The van der Waals surface area contributed by atoms with E-state index in [-0.39, 0.29) is 23.7 Å². The third-order valence-electron chi connectivity index (χ3n) is 5.04. The van der Waals surface area contributed by atoms with E-state index in [9.17, 15) is 18.8 Å². The SMILES string of the molecule is Cc1ccc(Cl)cc1N1C(=O)NC(=O)/C(=C/c2cccc(OCc3ccccc3F)c2)C1=O. The molecule has 0 bridgehead atoms. The smallest absolute Gasteiger partial charge is 0.335 e.